The van der Waals surface area contributed by atoms with E-state index in [1.807, 2.05) is 6.08 Å². The molecule has 0 atom stereocenters. The summed E-state index contributed by atoms with van der Waals surface area (Å²) in [5.74, 6) is 1.10. The van der Waals surface area contributed by atoms with Crippen LogP contribution in [0.2, 0.25) is 0 Å². The minimum absolute atomic E-state index is 0.0746. The highest BCUT2D eigenvalue weighted by molar-refractivity contribution is 5.52. The average Bonchev–Trinajstić information content (AvgIpc) is 2.51. The van der Waals surface area contributed by atoms with E-state index in [-0.39, 0.29) is 11.0 Å². The molecule has 1 aliphatic heterocycles. The summed E-state index contributed by atoms with van der Waals surface area (Å²) < 4.78 is 6.17. The lowest BCUT2D eigenvalue weighted by molar-refractivity contribution is 0.137. The van der Waals surface area contributed by atoms with Crippen molar-refractivity contribution in [2.45, 2.75) is 58.5 Å². The van der Waals surface area contributed by atoms with Gasteiger partial charge >= 0.3 is 0 Å². The van der Waals surface area contributed by atoms with Gasteiger partial charge in [0.2, 0.25) is 0 Å². The van der Waals surface area contributed by atoms with Crippen molar-refractivity contribution in [3.63, 3.8) is 0 Å². The zero-order valence-electron chi connectivity index (χ0n) is 12.3. The first-order chi connectivity index (χ1) is 8.24. The number of rotatable bonds is 2. The molecular formula is C17H24O. The molecule has 1 aromatic rings. The van der Waals surface area contributed by atoms with Crippen molar-refractivity contribution in [1.82, 2.24) is 0 Å². The van der Waals surface area contributed by atoms with Crippen molar-refractivity contribution in [2.75, 3.05) is 0 Å². The Labute approximate surface area is 111 Å². The van der Waals surface area contributed by atoms with Crippen molar-refractivity contribution < 1.29 is 4.74 Å². The van der Waals surface area contributed by atoms with Crippen LogP contribution in [-0.2, 0) is 18.3 Å². The van der Waals surface area contributed by atoms with Gasteiger partial charge in [0.1, 0.15) is 11.4 Å². The number of benzene rings is 1. The zero-order chi connectivity index (χ0) is 13.6. The molecule has 0 amide bonds. The summed E-state index contributed by atoms with van der Waals surface area (Å²) in [4.78, 5) is 0. The Morgan fingerprint density at radius 3 is 2.56 bits per heavy atom. The summed E-state index contributed by atoms with van der Waals surface area (Å²) in [7, 11) is 0. The summed E-state index contributed by atoms with van der Waals surface area (Å²) in [6.07, 6.45) is 3.85. The molecule has 0 aliphatic carbocycles. The fourth-order valence-electron chi connectivity index (χ4n) is 2.76. The first-order valence-corrected chi connectivity index (χ1v) is 6.70. The van der Waals surface area contributed by atoms with Gasteiger partial charge < -0.3 is 4.74 Å². The van der Waals surface area contributed by atoms with Gasteiger partial charge in [-0.15, -0.1) is 6.58 Å². The molecule has 0 saturated heterocycles. The quantitative estimate of drug-likeness (QED) is 0.699. The van der Waals surface area contributed by atoms with Crippen LogP contribution in [0.4, 0.5) is 0 Å². The maximum Gasteiger partial charge on any atom is 0.127 e. The van der Waals surface area contributed by atoms with Crippen LogP contribution in [0.25, 0.3) is 0 Å². The molecule has 1 nitrogen and oxygen atoms in total. The lowest BCUT2D eigenvalue weighted by atomic mass is 9.81. The van der Waals surface area contributed by atoms with Gasteiger partial charge in [0.05, 0.1) is 0 Å². The second-order valence-electron chi connectivity index (χ2n) is 6.86. The molecule has 1 heterocycles. The van der Waals surface area contributed by atoms with Crippen LogP contribution in [0.5, 0.6) is 5.75 Å². The van der Waals surface area contributed by atoms with Gasteiger partial charge in [-0.1, -0.05) is 39.0 Å². The number of fused-ring (bicyclic) bond motifs is 1. The van der Waals surface area contributed by atoms with Gasteiger partial charge in [-0.25, -0.2) is 0 Å². The van der Waals surface area contributed by atoms with E-state index in [4.69, 9.17) is 4.74 Å². The van der Waals surface area contributed by atoms with E-state index in [1.54, 1.807) is 0 Å². The predicted molar refractivity (Wildman–Crippen MR) is 77.5 cm³/mol. The number of ether oxygens (including phenoxy) is 1. The van der Waals surface area contributed by atoms with E-state index < -0.39 is 0 Å². The van der Waals surface area contributed by atoms with Gasteiger partial charge in [0.25, 0.3) is 0 Å². The van der Waals surface area contributed by atoms with E-state index in [9.17, 15) is 0 Å². The molecule has 98 valence electrons. The Kier molecular flexibility index (Phi) is 3.04. The van der Waals surface area contributed by atoms with Crippen LogP contribution in [-0.4, -0.2) is 5.60 Å². The number of hydrogen-bond acceptors (Lipinski definition) is 1. The average molecular weight is 244 g/mol. The molecule has 1 aliphatic rings. The number of hydrogen-bond donors (Lipinski definition) is 0. The van der Waals surface area contributed by atoms with E-state index in [0.29, 0.717) is 0 Å². The third kappa shape index (κ3) is 2.31. The zero-order valence-corrected chi connectivity index (χ0v) is 12.3. The van der Waals surface area contributed by atoms with Gasteiger partial charge in [0.15, 0.2) is 0 Å². The Balaban J connectivity index is 2.58. The molecule has 1 heteroatoms. The van der Waals surface area contributed by atoms with Crippen LogP contribution in [0.15, 0.2) is 24.8 Å². The Morgan fingerprint density at radius 1 is 1.33 bits per heavy atom. The predicted octanol–water partition coefficient (Wildman–Crippen LogP) is 4.43. The molecule has 0 bridgehead atoms. The van der Waals surface area contributed by atoms with Crippen molar-refractivity contribution in [3.05, 3.63) is 41.5 Å². The third-order valence-electron chi connectivity index (χ3n) is 3.49. The molecule has 0 aromatic heterocycles. The van der Waals surface area contributed by atoms with Gasteiger partial charge in [0, 0.05) is 12.0 Å². The van der Waals surface area contributed by atoms with E-state index in [1.165, 1.54) is 16.7 Å². The third-order valence-corrected chi connectivity index (χ3v) is 3.49. The summed E-state index contributed by atoms with van der Waals surface area (Å²) in [6, 6.07) is 4.50. The molecule has 2 rings (SSSR count). The van der Waals surface area contributed by atoms with Gasteiger partial charge in [-0.3, -0.25) is 0 Å². The lowest BCUT2D eigenvalue weighted by Crippen LogP contribution is -2.25. The minimum atomic E-state index is -0.0746. The Hall–Kier alpha value is -1.24. The fraction of sp³-hybridized carbons (Fsp3) is 0.529. The molecule has 0 fully saturated rings. The van der Waals surface area contributed by atoms with Gasteiger partial charge in [-0.05, 0) is 36.8 Å². The van der Waals surface area contributed by atoms with Crippen LogP contribution >= 0.6 is 0 Å². The van der Waals surface area contributed by atoms with Crippen LogP contribution in [0, 0.1) is 0 Å². The van der Waals surface area contributed by atoms with Gasteiger partial charge in [-0.2, -0.15) is 0 Å². The van der Waals surface area contributed by atoms with E-state index >= 15 is 0 Å². The monoisotopic (exact) mass is 244 g/mol. The fourth-order valence-corrected chi connectivity index (χ4v) is 2.76. The largest absolute Gasteiger partial charge is 0.487 e. The van der Waals surface area contributed by atoms with Crippen molar-refractivity contribution >= 4 is 0 Å². The summed E-state index contributed by atoms with van der Waals surface area (Å²) >= 11 is 0. The first kappa shape index (κ1) is 13.2. The highest BCUT2D eigenvalue weighted by Crippen LogP contribution is 2.42. The maximum atomic E-state index is 6.17. The Morgan fingerprint density at radius 2 is 2.00 bits per heavy atom. The molecular weight excluding hydrogens is 220 g/mol. The smallest absolute Gasteiger partial charge is 0.127 e. The molecule has 0 radical (unpaired) electrons. The molecule has 18 heavy (non-hydrogen) atoms. The maximum absolute atomic E-state index is 6.17. The highest BCUT2D eigenvalue weighted by atomic mass is 16.5. The summed E-state index contributed by atoms with van der Waals surface area (Å²) in [5.41, 5.74) is 4.10. The molecule has 0 N–H and O–H groups in total. The van der Waals surface area contributed by atoms with Crippen molar-refractivity contribution in [1.29, 1.82) is 0 Å². The highest BCUT2D eigenvalue weighted by Gasteiger charge is 2.33. The van der Waals surface area contributed by atoms with Crippen LogP contribution < -0.4 is 4.74 Å². The second-order valence-corrected chi connectivity index (χ2v) is 6.86. The number of allylic oxidation sites excluding steroid dienone is 1. The lowest BCUT2D eigenvalue weighted by Gasteiger charge is -2.25. The molecule has 0 spiro atoms. The standard InChI is InChI=1S/C17H24O/c1-7-8-13-14(16(2,3)4)10-9-12-11-17(5,6)18-15(12)13/h7,9-10H,1,8,11H2,2-6H3. The Bertz CT molecular complexity index is 475. The first-order valence-electron chi connectivity index (χ1n) is 6.70. The molecule has 0 unspecified atom stereocenters. The second kappa shape index (κ2) is 4.15. The summed E-state index contributed by atoms with van der Waals surface area (Å²) in [5, 5.41) is 0. The van der Waals surface area contributed by atoms with E-state index in [0.717, 1.165) is 18.6 Å². The SMILES string of the molecule is C=CCc1c(C(C)(C)C)ccc2c1OC(C)(C)C2. The van der Waals surface area contributed by atoms with E-state index in [2.05, 4.69) is 53.3 Å². The van der Waals surface area contributed by atoms with Crippen LogP contribution in [0.3, 0.4) is 0 Å². The van der Waals surface area contributed by atoms with Crippen LogP contribution in [0.1, 0.15) is 51.3 Å². The topological polar surface area (TPSA) is 9.23 Å². The normalized spacial score (nSPS) is 17.2. The molecule has 1 aromatic carbocycles. The van der Waals surface area contributed by atoms with Crippen molar-refractivity contribution in [2.24, 2.45) is 0 Å². The van der Waals surface area contributed by atoms with Crippen molar-refractivity contribution in [3.8, 4) is 5.75 Å². The minimum Gasteiger partial charge on any atom is -0.487 e. The summed E-state index contributed by atoms with van der Waals surface area (Å²) in [6.45, 7) is 14.9. The molecule has 0 saturated carbocycles.